The first-order chi connectivity index (χ1) is 8.08. The maximum absolute atomic E-state index is 11.6. The Morgan fingerprint density at radius 3 is 2.88 bits per heavy atom. The van der Waals surface area contributed by atoms with Crippen molar-refractivity contribution in [3.63, 3.8) is 0 Å². The van der Waals surface area contributed by atoms with E-state index in [-0.39, 0.29) is 4.87 Å². The predicted molar refractivity (Wildman–Crippen MR) is 69.8 cm³/mol. The average molecular weight is 256 g/mol. The minimum Gasteiger partial charge on any atom is -0.376 e. The molecule has 0 radical (unpaired) electrons. The third-order valence-electron chi connectivity index (χ3n) is 3.32. The topological polar surface area (TPSA) is 34.5 Å². The standard InChI is InChI=1S/C12H20N2O2S/c1-9-7-16-11(3)6-13(9)4-5-14-10(2)8-17-12(14)15/h8-9,11H,4-7H2,1-3H3/t9-,11-/m0/s1. The normalized spacial score (nSPS) is 26.3. The summed E-state index contributed by atoms with van der Waals surface area (Å²) in [5.41, 5.74) is 1.06. The minimum atomic E-state index is 0.150. The molecule has 0 spiro atoms. The number of hydrogen-bond acceptors (Lipinski definition) is 4. The van der Waals surface area contributed by atoms with Crippen LogP contribution in [0.2, 0.25) is 0 Å². The Balaban J connectivity index is 1.95. The summed E-state index contributed by atoms with van der Waals surface area (Å²) in [6.07, 6.45) is 0.298. The summed E-state index contributed by atoms with van der Waals surface area (Å²) >= 11 is 1.28. The molecule has 0 saturated carbocycles. The molecule has 0 bridgehead atoms. The monoisotopic (exact) mass is 256 g/mol. The Morgan fingerprint density at radius 2 is 2.24 bits per heavy atom. The van der Waals surface area contributed by atoms with Crippen LogP contribution >= 0.6 is 11.3 Å². The van der Waals surface area contributed by atoms with Crippen molar-refractivity contribution in [2.75, 3.05) is 19.7 Å². The van der Waals surface area contributed by atoms with Crippen LogP contribution in [0.1, 0.15) is 19.5 Å². The molecule has 1 aliphatic rings. The van der Waals surface area contributed by atoms with Gasteiger partial charge in [0.05, 0.1) is 12.7 Å². The Labute approximate surface area is 106 Å². The van der Waals surface area contributed by atoms with E-state index in [1.165, 1.54) is 11.3 Å². The molecule has 2 rings (SSSR count). The summed E-state index contributed by atoms with van der Waals surface area (Å²) in [5.74, 6) is 0. The molecule has 0 aromatic carbocycles. The van der Waals surface area contributed by atoms with Crippen molar-refractivity contribution in [3.05, 3.63) is 20.7 Å². The summed E-state index contributed by atoms with van der Waals surface area (Å²) in [4.78, 5) is 14.1. The average Bonchev–Trinajstić information content (AvgIpc) is 2.61. The van der Waals surface area contributed by atoms with Crippen molar-refractivity contribution < 1.29 is 4.74 Å². The first-order valence-corrected chi connectivity index (χ1v) is 6.96. The largest absolute Gasteiger partial charge is 0.376 e. The highest BCUT2D eigenvalue weighted by atomic mass is 32.1. The molecule has 0 unspecified atom stereocenters. The molecule has 96 valence electrons. The number of aromatic nitrogens is 1. The molecule has 2 heterocycles. The molecule has 2 atom stereocenters. The molecule has 1 fully saturated rings. The summed E-state index contributed by atoms with van der Waals surface area (Å²) in [6.45, 7) is 9.72. The second kappa shape index (κ2) is 5.33. The summed E-state index contributed by atoms with van der Waals surface area (Å²) in [5, 5.41) is 1.92. The van der Waals surface area contributed by atoms with Crippen molar-refractivity contribution >= 4 is 11.3 Å². The van der Waals surface area contributed by atoms with Gasteiger partial charge in [0, 0.05) is 36.8 Å². The second-order valence-corrected chi connectivity index (χ2v) is 5.60. The third kappa shape index (κ3) is 2.97. The Kier molecular flexibility index (Phi) is 4.01. The lowest BCUT2D eigenvalue weighted by Gasteiger charge is -2.36. The number of morpholine rings is 1. The molecule has 0 N–H and O–H groups in total. The third-order valence-corrected chi connectivity index (χ3v) is 4.21. The van der Waals surface area contributed by atoms with E-state index in [1.807, 2.05) is 16.9 Å². The van der Waals surface area contributed by atoms with E-state index in [1.54, 1.807) is 0 Å². The summed E-state index contributed by atoms with van der Waals surface area (Å²) in [7, 11) is 0. The van der Waals surface area contributed by atoms with Crippen LogP contribution in [-0.2, 0) is 11.3 Å². The maximum Gasteiger partial charge on any atom is 0.307 e. The van der Waals surface area contributed by atoms with Gasteiger partial charge in [-0.05, 0) is 20.8 Å². The van der Waals surface area contributed by atoms with Gasteiger partial charge in [0.1, 0.15) is 0 Å². The van der Waals surface area contributed by atoms with Gasteiger partial charge in [-0.15, -0.1) is 0 Å². The van der Waals surface area contributed by atoms with E-state index in [2.05, 4.69) is 18.7 Å². The molecule has 1 saturated heterocycles. The molecule has 0 amide bonds. The van der Waals surface area contributed by atoms with Gasteiger partial charge >= 0.3 is 4.87 Å². The lowest BCUT2D eigenvalue weighted by atomic mass is 10.2. The molecule has 1 aromatic heterocycles. The fourth-order valence-electron chi connectivity index (χ4n) is 2.19. The van der Waals surface area contributed by atoms with Crippen LogP contribution in [0.3, 0.4) is 0 Å². The van der Waals surface area contributed by atoms with Gasteiger partial charge in [0.25, 0.3) is 0 Å². The Bertz CT molecular complexity index is 426. The first kappa shape index (κ1) is 12.8. The molecular weight excluding hydrogens is 236 g/mol. The van der Waals surface area contributed by atoms with Crippen molar-refractivity contribution in [3.8, 4) is 0 Å². The van der Waals surface area contributed by atoms with Crippen LogP contribution in [0.15, 0.2) is 10.2 Å². The fraction of sp³-hybridized carbons (Fsp3) is 0.750. The van der Waals surface area contributed by atoms with Gasteiger partial charge in [-0.1, -0.05) is 11.3 Å². The zero-order chi connectivity index (χ0) is 12.4. The van der Waals surface area contributed by atoms with Crippen molar-refractivity contribution in [1.29, 1.82) is 0 Å². The molecular formula is C12H20N2O2S. The maximum atomic E-state index is 11.6. The fourth-order valence-corrected chi connectivity index (χ4v) is 2.95. The highest BCUT2D eigenvalue weighted by Gasteiger charge is 2.23. The summed E-state index contributed by atoms with van der Waals surface area (Å²) < 4.78 is 7.46. The number of aryl methyl sites for hydroxylation is 1. The van der Waals surface area contributed by atoms with Gasteiger partial charge in [-0.25, -0.2) is 0 Å². The van der Waals surface area contributed by atoms with Crippen molar-refractivity contribution in [2.24, 2.45) is 0 Å². The van der Waals surface area contributed by atoms with Crippen LogP contribution in [0.5, 0.6) is 0 Å². The Morgan fingerprint density at radius 1 is 1.47 bits per heavy atom. The van der Waals surface area contributed by atoms with E-state index in [0.717, 1.165) is 31.9 Å². The molecule has 4 nitrogen and oxygen atoms in total. The van der Waals surface area contributed by atoms with Gasteiger partial charge < -0.3 is 9.30 Å². The molecule has 17 heavy (non-hydrogen) atoms. The number of nitrogens with zero attached hydrogens (tertiary/aromatic N) is 2. The highest BCUT2D eigenvalue weighted by molar-refractivity contribution is 7.07. The smallest absolute Gasteiger partial charge is 0.307 e. The SMILES string of the molecule is Cc1csc(=O)n1CCN1C[C@H](C)OC[C@@H]1C. The highest BCUT2D eigenvalue weighted by Crippen LogP contribution is 2.11. The number of rotatable bonds is 3. The van der Waals surface area contributed by atoms with E-state index >= 15 is 0 Å². The van der Waals surface area contributed by atoms with Gasteiger partial charge in [-0.2, -0.15) is 0 Å². The van der Waals surface area contributed by atoms with Gasteiger partial charge in [0.2, 0.25) is 0 Å². The summed E-state index contributed by atoms with van der Waals surface area (Å²) in [6, 6.07) is 0.445. The van der Waals surface area contributed by atoms with Gasteiger partial charge in [0.15, 0.2) is 0 Å². The van der Waals surface area contributed by atoms with Crippen LogP contribution in [0.25, 0.3) is 0 Å². The van der Waals surface area contributed by atoms with Crippen LogP contribution in [0, 0.1) is 6.92 Å². The van der Waals surface area contributed by atoms with Crippen molar-refractivity contribution in [1.82, 2.24) is 9.47 Å². The Hall–Kier alpha value is -0.650. The van der Waals surface area contributed by atoms with Gasteiger partial charge in [-0.3, -0.25) is 9.69 Å². The molecule has 1 aromatic rings. The molecule has 0 aliphatic carbocycles. The first-order valence-electron chi connectivity index (χ1n) is 6.08. The van der Waals surface area contributed by atoms with Crippen molar-refractivity contribution in [2.45, 2.75) is 39.5 Å². The van der Waals surface area contributed by atoms with Crippen LogP contribution in [-0.4, -0.2) is 41.3 Å². The van der Waals surface area contributed by atoms with E-state index in [0.29, 0.717) is 12.1 Å². The number of thiazole rings is 1. The minimum absolute atomic E-state index is 0.150. The van der Waals surface area contributed by atoms with E-state index in [4.69, 9.17) is 4.74 Å². The number of hydrogen-bond donors (Lipinski definition) is 0. The quantitative estimate of drug-likeness (QED) is 0.818. The lowest BCUT2D eigenvalue weighted by Crippen LogP contribution is -2.48. The van der Waals surface area contributed by atoms with E-state index in [9.17, 15) is 4.79 Å². The van der Waals surface area contributed by atoms with Crippen LogP contribution < -0.4 is 4.87 Å². The predicted octanol–water partition coefficient (Wildman–Crippen LogP) is 1.33. The lowest BCUT2D eigenvalue weighted by molar-refractivity contribution is -0.0502. The second-order valence-electron chi connectivity index (χ2n) is 4.78. The van der Waals surface area contributed by atoms with Crippen LogP contribution in [0.4, 0.5) is 0 Å². The zero-order valence-corrected chi connectivity index (χ0v) is 11.5. The number of ether oxygens (including phenoxy) is 1. The van der Waals surface area contributed by atoms with E-state index < -0.39 is 0 Å². The molecule has 5 heteroatoms. The molecule has 1 aliphatic heterocycles. The zero-order valence-electron chi connectivity index (χ0n) is 10.7.